The summed E-state index contributed by atoms with van der Waals surface area (Å²) in [5.41, 5.74) is 0.0312. The third kappa shape index (κ3) is 1.39. The summed E-state index contributed by atoms with van der Waals surface area (Å²) in [6.45, 7) is 5.19. The van der Waals surface area contributed by atoms with Gasteiger partial charge in [0.1, 0.15) is 0 Å². The first-order chi connectivity index (χ1) is 5.25. The van der Waals surface area contributed by atoms with E-state index in [1.54, 1.807) is 0 Å². The van der Waals surface area contributed by atoms with Crippen molar-refractivity contribution in [1.29, 1.82) is 0 Å². The van der Waals surface area contributed by atoms with Gasteiger partial charge in [0.15, 0.2) is 0 Å². The zero-order valence-electron chi connectivity index (χ0n) is 7.44. The summed E-state index contributed by atoms with van der Waals surface area (Å²) >= 11 is 0. The normalized spacial score (nSPS) is 20.7. The van der Waals surface area contributed by atoms with Gasteiger partial charge in [-0.05, 0) is 12.8 Å². The van der Waals surface area contributed by atoms with Crippen LogP contribution >= 0.6 is 0 Å². The Morgan fingerprint density at radius 3 is 2.09 bits per heavy atom. The van der Waals surface area contributed by atoms with Crippen molar-refractivity contribution < 1.29 is 4.79 Å². The fraction of sp³-hybridized carbons (Fsp3) is 0.889. The maximum absolute atomic E-state index is 11.2. The molecule has 64 valence electrons. The Hall–Kier alpha value is -0.530. The number of carbonyl (C=O) groups excluding carboxylic acids is 1. The molecule has 2 nitrogen and oxygen atoms in total. The highest BCUT2D eigenvalue weighted by Gasteiger charge is 2.43. The zero-order valence-corrected chi connectivity index (χ0v) is 7.44. The molecular formula is C9H17NO. The van der Waals surface area contributed by atoms with Crippen LogP contribution in [0.1, 0.15) is 39.5 Å². The van der Waals surface area contributed by atoms with E-state index in [9.17, 15) is 4.79 Å². The van der Waals surface area contributed by atoms with Gasteiger partial charge in [-0.15, -0.1) is 0 Å². The molecule has 1 heterocycles. The SMILES string of the molecule is CCCC1(CCC)CNC1=O. The van der Waals surface area contributed by atoms with Crippen molar-refractivity contribution in [2.45, 2.75) is 39.5 Å². The van der Waals surface area contributed by atoms with Crippen molar-refractivity contribution in [3.8, 4) is 0 Å². The number of hydrogen-bond acceptors (Lipinski definition) is 1. The third-order valence-corrected chi connectivity index (χ3v) is 2.53. The molecule has 0 bridgehead atoms. The molecule has 1 fully saturated rings. The van der Waals surface area contributed by atoms with E-state index in [2.05, 4.69) is 19.2 Å². The molecule has 0 aromatic carbocycles. The summed E-state index contributed by atoms with van der Waals surface area (Å²) in [4.78, 5) is 11.2. The highest BCUT2D eigenvalue weighted by atomic mass is 16.2. The van der Waals surface area contributed by atoms with Crippen LogP contribution in [0.25, 0.3) is 0 Å². The van der Waals surface area contributed by atoms with Gasteiger partial charge >= 0.3 is 0 Å². The van der Waals surface area contributed by atoms with Gasteiger partial charge in [0.2, 0.25) is 5.91 Å². The molecule has 0 saturated carbocycles. The minimum atomic E-state index is 0.0312. The van der Waals surface area contributed by atoms with Crippen LogP contribution in [0.3, 0.4) is 0 Å². The Labute approximate surface area is 68.4 Å². The average Bonchev–Trinajstić information content (AvgIpc) is 2.01. The smallest absolute Gasteiger partial charge is 0.228 e. The summed E-state index contributed by atoms with van der Waals surface area (Å²) in [5.74, 6) is 0.279. The van der Waals surface area contributed by atoms with E-state index in [1.165, 1.54) is 0 Å². The monoisotopic (exact) mass is 155 g/mol. The Morgan fingerprint density at radius 2 is 1.91 bits per heavy atom. The highest BCUT2D eigenvalue weighted by Crippen LogP contribution is 2.34. The Balaban J connectivity index is 2.49. The molecule has 1 N–H and O–H groups in total. The molecule has 1 rings (SSSR count). The molecule has 0 aromatic rings. The maximum Gasteiger partial charge on any atom is 0.228 e. The fourth-order valence-electron chi connectivity index (χ4n) is 1.90. The molecule has 1 amide bonds. The van der Waals surface area contributed by atoms with Crippen molar-refractivity contribution in [1.82, 2.24) is 5.32 Å². The summed E-state index contributed by atoms with van der Waals surface area (Å²) in [5, 5.41) is 2.83. The van der Waals surface area contributed by atoms with Gasteiger partial charge in [-0.2, -0.15) is 0 Å². The lowest BCUT2D eigenvalue weighted by Crippen LogP contribution is -2.58. The lowest BCUT2D eigenvalue weighted by molar-refractivity contribution is -0.141. The van der Waals surface area contributed by atoms with Crippen LogP contribution in [-0.2, 0) is 4.79 Å². The van der Waals surface area contributed by atoms with Crippen molar-refractivity contribution in [2.75, 3.05) is 6.54 Å². The van der Waals surface area contributed by atoms with Crippen molar-refractivity contribution in [3.63, 3.8) is 0 Å². The van der Waals surface area contributed by atoms with Crippen molar-refractivity contribution in [3.05, 3.63) is 0 Å². The Kier molecular flexibility index (Phi) is 2.53. The molecule has 1 saturated heterocycles. The first-order valence-corrected chi connectivity index (χ1v) is 4.53. The van der Waals surface area contributed by atoms with Gasteiger partial charge in [-0.1, -0.05) is 26.7 Å². The van der Waals surface area contributed by atoms with Crippen LogP contribution in [0, 0.1) is 5.41 Å². The average molecular weight is 155 g/mol. The molecule has 0 unspecified atom stereocenters. The molecule has 1 aliphatic rings. The molecule has 11 heavy (non-hydrogen) atoms. The summed E-state index contributed by atoms with van der Waals surface area (Å²) < 4.78 is 0. The predicted octanol–water partition coefficient (Wildman–Crippen LogP) is 1.70. The minimum Gasteiger partial charge on any atom is -0.354 e. The van der Waals surface area contributed by atoms with Crippen LogP contribution in [0.15, 0.2) is 0 Å². The van der Waals surface area contributed by atoms with Crippen molar-refractivity contribution >= 4 is 5.91 Å². The van der Waals surface area contributed by atoms with E-state index in [1.807, 2.05) is 0 Å². The van der Waals surface area contributed by atoms with Gasteiger partial charge in [0.05, 0.1) is 5.41 Å². The van der Waals surface area contributed by atoms with Crippen molar-refractivity contribution in [2.24, 2.45) is 5.41 Å². The maximum atomic E-state index is 11.2. The number of carbonyl (C=O) groups is 1. The minimum absolute atomic E-state index is 0.0312. The van der Waals surface area contributed by atoms with E-state index in [4.69, 9.17) is 0 Å². The van der Waals surface area contributed by atoms with Gasteiger partial charge in [-0.3, -0.25) is 4.79 Å². The zero-order chi connectivity index (χ0) is 8.32. The second-order valence-electron chi connectivity index (χ2n) is 3.46. The molecule has 0 aromatic heterocycles. The second kappa shape index (κ2) is 3.24. The van der Waals surface area contributed by atoms with Gasteiger partial charge in [-0.25, -0.2) is 0 Å². The Bertz CT molecular complexity index is 148. The molecule has 0 atom stereocenters. The molecule has 1 aliphatic heterocycles. The van der Waals surface area contributed by atoms with Gasteiger partial charge in [0, 0.05) is 6.54 Å². The van der Waals surface area contributed by atoms with E-state index >= 15 is 0 Å². The van der Waals surface area contributed by atoms with E-state index < -0.39 is 0 Å². The van der Waals surface area contributed by atoms with Crippen LogP contribution < -0.4 is 5.32 Å². The Morgan fingerprint density at radius 1 is 1.36 bits per heavy atom. The number of hydrogen-bond donors (Lipinski definition) is 1. The van der Waals surface area contributed by atoms with E-state index in [-0.39, 0.29) is 11.3 Å². The fourth-order valence-corrected chi connectivity index (χ4v) is 1.90. The molecule has 0 spiro atoms. The molecule has 2 heteroatoms. The summed E-state index contributed by atoms with van der Waals surface area (Å²) in [6.07, 6.45) is 4.36. The highest BCUT2D eigenvalue weighted by molar-refractivity contribution is 5.88. The largest absolute Gasteiger partial charge is 0.354 e. The predicted molar refractivity (Wildman–Crippen MR) is 45.3 cm³/mol. The third-order valence-electron chi connectivity index (χ3n) is 2.53. The van der Waals surface area contributed by atoms with Crippen LogP contribution in [-0.4, -0.2) is 12.5 Å². The van der Waals surface area contributed by atoms with Crippen LogP contribution in [0.2, 0.25) is 0 Å². The summed E-state index contributed by atoms with van der Waals surface area (Å²) in [6, 6.07) is 0. The van der Waals surface area contributed by atoms with E-state index in [0.29, 0.717) is 0 Å². The van der Waals surface area contributed by atoms with E-state index in [0.717, 1.165) is 32.2 Å². The topological polar surface area (TPSA) is 29.1 Å². The lowest BCUT2D eigenvalue weighted by atomic mass is 9.73. The number of β-lactam (4-membered cyclic amide) rings is 1. The van der Waals surface area contributed by atoms with Crippen LogP contribution in [0.5, 0.6) is 0 Å². The van der Waals surface area contributed by atoms with Gasteiger partial charge < -0.3 is 5.32 Å². The lowest BCUT2D eigenvalue weighted by Gasteiger charge is -2.40. The number of rotatable bonds is 4. The molecular weight excluding hydrogens is 138 g/mol. The quantitative estimate of drug-likeness (QED) is 0.615. The number of amides is 1. The standard InChI is InChI=1S/C9H17NO/c1-3-5-9(6-4-2)7-10-8(9)11/h3-7H2,1-2H3,(H,10,11). The molecule has 0 radical (unpaired) electrons. The summed E-state index contributed by atoms with van der Waals surface area (Å²) in [7, 11) is 0. The number of nitrogens with one attached hydrogen (secondary N) is 1. The first-order valence-electron chi connectivity index (χ1n) is 4.53. The first kappa shape index (κ1) is 8.57. The van der Waals surface area contributed by atoms with Gasteiger partial charge in [0.25, 0.3) is 0 Å². The van der Waals surface area contributed by atoms with Crippen LogP contribution in [0.4, 0.5) is 0 Å². The molecule has 0 aliphatic carbocycles. The second-order valence-corrected chi connectivity index (χ2v) is 3.46.